The summed E-state index contributed by atoms with van der Waals surface area (Å²) in [7, 11) is 0. The summed E-state index contributed by atoms with van der Waals surface area (Å²) in [6.07, 6.45) is -0.485. The van der Waals surface area contributed by atoms with E-state index in [1.54, 1.807) is 0 Å². The molecule has 1 aromatic rings. The molecule has 0 spiro atoms. The highest BCUT2D eigenvalue weighted by Crippen LogP contribution is 2.55. The fourth-order valence-corrected chi connectivity index (χ4v) is 4.61. The Labute approximate surface area is 131 Å². The van der Waals surface area contributed by atoms with Gasteiger partial charge in [-0.05, 0) is 19.4 Å². The van der Waals surface area contributed by atoms with Crippen LogP contribution in [0.4, 0.5) is 0 Å². The van der Waals surface area contributed by atoms with E-state index >= 15 is 0 Å². The molecule has 0 amide bonds. The molecule has 7 atom stereocenters. The van der Waals surface area contributed by atoms with Crippen LogP contribution in [0.3, 0.4) is 0 Å². The highest BCUT2D eigenvalue weighted by Gasteiger charge is 2.66. The van der Waals surface area contributed by atoms with Gasteiger partial charge in [-0.25, -0.2) is 0 Å². The molecule has 3 fully saturated rings. The Hall–Kier alpha value is -0.940. The second kappa shape index (κ2) is 4.54. The molecule has 3 aliphatic heterocycles. The van der Waals surface area contributed by atoms with E-state index in [1.807, 2.05) is 44.2 Å². The molecule has 0 aliphatic carbocycles. The SMILES string of the molecule is C[C@@H]1[C@H]2O[C@H]([C@@H]3OC(C)(C)O[C@@H]32)[C@H](C)C1(O)c1ccccc1. The second-order valence-corrected chi connectivity index (χ2v) is 7.40. The fraction of sp³-hybridized carbons (Fsp3) is 0.667. The van der Waals surface area contributed by atoms with E-state index in [1.165, 1.54) is 0 Å². The normalized spacial score (nSPS) is 49.1. The molecule has 3 saturated heterocycles. The summed E-state index contributed by atoms with van der Waals surface area (Å²) in [5.74, 6) is -0.695. The lowest BCUT2D eigenvalue weighted by atomic mass is 9.69. The zero-order chi connectivity index (χ0) is 15.7. The van der Waals surface area contributed by atoms with Gasteiger partial charge >= 0.3 is 0 Å². The monoisotopic (exact) mass is 304 g/mol. The highest BCUT2D eigenvalue weighted by atomic mass is 16.8. The topological polar surface area (TPSA) is 47.9 Å². The third kappa shape index (κ3) is 1.78. The van der Waals surface area contributed by atoms with Crippen LogP contribution < -0.4 is 0 Å². The molecule has 1 aromatic carbocycles. The Kier molecular flexibility index (Phi) is 3.02. The van der Waals surface area contributed by atoms with E-state index in [4.69, 9.17) is 14.2 Å². The third-order valence-electron chi connectivity index (χ3n) is 5.74. The maximum Gasteiger partial charge on any atom is 0.164 e. The number of hydrogen-bond acceptors (Lipinski definition) is 4. The number of hydrogen-bond donors (Lipinski definition) is 1. The van der Waals surface area contributed by atoms with Crippen LogP contribution in [0.5, 0.6) is 0 Å². The molecular formula is C18H24O4. The van der Waals surface area contributed by atoms with Crippen molar-refractivity contribution in [3.8, 4) is 0 Å². The standard InChI is InChI=1S/C18H24O4/c1-10-13-15-16(22-17(3,4)21-15)14(20-13)11(2)18(10,19)12-8-6-5-7-9-12/h5-11,13-16,19H,1-4H3/t10-,11+,13-,14+,15-,16+,18?. The van der Waals surface area contributed by atoms with Crippen LogP contribution in [0.1, 0.15) is 33.3 Å². The van der Waals surface area contributed by atoms with E-state index < -0.39 is 11.4 Å². The highest BCUT2D eigenvalue weighted by molar-refractivity contribution is 5.28. The van der Waals surface area contributed by atoms with Crippen molar-refractivity contribution in [1.82, 2.24) is 0 Å². The fourth-order valence-electron chi connectivity index (χ4n) is 4.61. The molecule has 4 rings (SSSR count). The molecular weight excluding hydrogens is 280 g/mol. The van der Waals surface area contributed by atoms with Crippen LogP contribution in [-0.4, -0.2) is 35.3 Å². The molecule has 4 heteroatoms. The average Bonchev–Trinajstić information content (AvgIpc) is 2.96. The largest absolute Gasteiger partial charge is 0.384 e. The van der Waals surface area contributed by atoms with E-state index in [9.17, 15) is 5.11 Å². The Morgan fingerprint density at radius 2 is 1.36 bits per heavy atom. The van der Waals surface area contributed by atoms with Gasteiger partial charge in [0.1, 0.15) is 12.2 Å². The van der Waals surface area contributed by atoms with Crippen molar-refractivity contribution < 1.29 is 19.3 Å². The zero-order valence-corrected chi connectivity index (χ0v) is 13.5. The minimum Gasteiger partial charge on any atom is -0.384 e. The van der Waals surface area contributed by atoms with E-state index in [2.05, 4.69) is 13.8 Å². The first-order valence-electron chi connectivity index (χ1n) is 8.13. The van der Waals surface area contributed by atoms with Gasteiger partial charge in [0.05, 0.1) is 17.8 Å². The number of benzene rings is 1. The van der Waals surface area contributed by atoms with Gasteiger partial charge in [0.25, 0.3) is 0 Å². The molecule has 1 unspecified atom stereocenters. The Morgan fingerprint density at radius 3 is 1.86 bits per heavy atom. The first-order chi connectivity index (χ1) is 10.3. The van der Waals surface area contributed by atoms with Gasteiger partial charge < -0.3 is 19.3 Å². The van der Waals surface area contributed by atoms with Gasteiger partial charge in [0.2, 0.25) is 0 Å². The smallest absolute Gasteiger partial charge is 0.164 e. The predicted octanol–water partition coefficient (Wildman–Crippen LogP) is 2.45. The average molecular weight is 304 g/mol. The second-order valence-electron chi connectivity index (χ2n) is 7.40. The summed E-state index contributed by atoms with van der Waals surface area (Å²) >= 11 is 0. The Balaban J connectivity index is 1.75. The van der Waals surface area contributed by atoms with Gasteiger partial charge in [0.15, 0.2) is 5.79 Å². The van der Waals surface area contributed by atoms with Crippen molar-refractivity contribution in [1.29, 1.82) is 0 Å². The van der Waals surface area contributed by atoms with Crippen LogP contribution in [0.2, 0.25) is 0 Å². The van der Waals surface area contributed by atoms with Crippen molar-refractivity contribution in [2.45, 2.75) is 63.5 Å². The van der Waals surface area contributed by atoms with Gasteiger partial charge in [-0.2, -0.15) is 0 Å². The summed E-state index contributed by atoms with van der Waals surface area (Å²) in [5.41, 5.74) is 0.0308. The number of ether oxygens (including phenoxy) is 3. The van der Waals surface area contributed by atoms with E-state index in [0.29, 0.717) is 0 Å². The van der Waals surface area contributed by atoms with E-state index in [0.717, 1.165) is 5.56 Å². The molecule has 3 aliphatic rings. The summed E-state index contributed by atoms with van der Waals surface area (Å²) < 4.78 is 18.3. The molecule has 2 bridgehead atoms. The minimum absolute atomic E-state index is 0.0614. The van der Waals surface area contributed by atoms with Crippen LogP contribution in [0.25, 0.3) is 0 Å². The van der Waals surface area contributed by atoms with Crippen molar-refractivity contribution >= 4 is 0 Å². The molecule has 120 valence electrons. The van der Waals surface area contributed by atoms with Crippen LogP contribution in [0.15, 0.2) is 30.3 Å². The minimum atomic E-state index is -0.921. The van der Waals surface area contributed by atoms with E-state index in [-0.39, 0.29) is 36.3 Å². The van der Waals surface area contributed by atoms with Crippen molar-refractivity contribution in [2.24, 2.45) is 11.8 Å². The van der Waals surface area contributed by atoms with Crippen LogP contribution in [-0.2, 0) is 19.8 Å². The summed E-state index contributed by atoms with van der Waals surface area (Å²) in [5, 5.41) is 11.6. The van der Waals surface area contributed by atoms with Crippen molar-refractivity contribution in [3.63, 3.8) is 0 Å². The Morgan fingerprint density at radius 1 is 0.864 bits per heavy atom. The van der Waals surface area contributed by atoms with Crippen LogP contribution in [0, 0.1) is 11.8 Å². The lowest BCUT2D eigenvalue weighted by molar-refractivity contribution is -0.252. The quantitative estimate of drug-likeness (QED) is 0.866. The molecule has 4 nitrogen and oxygen atoms in total. The third-order valence-corrected chi connectivity index (χ3v) is 5.74. The first kappa shape index (κ1) is 14.6. The first-order valence-corrected chi connectivity index (χ1v) is 8.13. The van der Waals surface area contributed by atoms with Crippen molar-refractivity contribution in [2.75, 3.05) is 0 Å². The molecule has 22 heavy (non-hydrogen) atoms. The number of aliphatic hydroxyl groups is 1. The molecule has 0 radical (unpaired) electrons. The van der Waals surface area contributed by atoms with Gasteiger partial charge in [-0.3, -0.25) is 0 Å². The van der Waals surface area contributed by atoms with Gasteiger partial charge in [-0.15, -0.1) is 0 Å². The molecule has 1 N–H and O–H groups in total. The summed E-state index contributed by atoms with van der Waals surface area (Å²) in [6, 6.07) is 9.92. The Bertz CT molecular complexity index is 544. The summed E-state index contributed by atoms with van der Waals surface area (Å²) in [6.45, 7) is 8.00. The van der Waals surface area contributed by atoms with Gasteiger partial charge in [0, 0.05) is 11.8 Å². The molecule has 3 heterocycles. The maximum atomic E-state index is 11.6. The van der Waals surface area contributed by atoms with Gasteiger partial charge in [-0.1, -0.05) is 44.2 Å². The maximum absolute atomic E-state index is 11.6. The number of fused-ring (bicyclic) bond motifs is 5. The summed E-state index contributed by atoms with van der Waals surface area (Å²) in [4.78, 5) is 0. The molecule has 0 saturated carbocycles. The predicted molar refractivity (Wildman–Crippen MR) is 81.2 cm³/mol. The lowest BCUT2D eigenvalue weighted by Crippen LogP contribution is -2.55. The zero-order valence-electron chi connectivity index (χ0n) is 13.5. The number of rotatable bonds is 1. The lowest BCUT2D eigenvalue weighted by Gasteiger charge is -2.48. The van der Waals surface area contributed by atoms with Crippen LogP contribution >= 0.6 is 0 Å². The van der Waals surface area contributed by atoms with Crippen molar-refractivity contribution in [3.05, 3.63) is 35.9 Å². The molecule has 0 aromatic heterocycles.